The molecule has 0 spiro atoms. The summed E-state index contributed by atoms with van der Waals surface area (Å²) >= 11 is 0. The fourth-order valence-electron chi connectivity index (χ4n) is 7.16. The zero-order chi connectivity index (χ0) is 24.7. The molecule has 4 unspecified atom stereocenters. The number of hydrogen-bond acceptors (Lipinski definition) is 0. The Morgan fingerprint density at radius 1 is 0.324 bits per heavy atom. The molecule has 0 aromatic heterocycles. The summed E-state index contributed by atoms with van der Waals surface area (Å²) in [5.74, 6) is 4.25. The molecule has 0 radical (unpaired) electrons. The van der Waals surface area contributed by atoms with Gasteiger partial charge in [-0.05, 0) is 49.4 Å². The standard InChI is InChI=1S/C34H68/c1-5-9-13-16-19-22-26-32-30-29-31(25-21-12-8-4)33(27-23-18-15-11-7-3)34(32)28-24-20-17-14-10-6-2/h31-34H,5-30H2,1-4H3. The normalized spacial score (nSPS) is 22.9. The molecule has 0 saturated heterocycles. The molecule has 0 amide bonds. The Labute approximate surface area is 218 Å². The smallest absolute Gasteiger partial charge is 0.0355 e. The summed E-state index contributed by atoms with van der Waals surface area (Å²) in [6.07, 6.45) is 38.7. The molecule has 0 aromatic carbocycles. The van der Waals surface area contributed by atoms with Gasteiger partial charge in [0.1, 0.15) is 0 Å². The fraction of sp³-hybridized carbons (Fsp3) is 1.00. The van der Waals surface area contributed by atoms with Crippen molar-refractivity contribution in [3.05, 3.63) is 0 Å². The van der Waals surface area contributed by atoms with E-state index in [9.17, 15) is 0 Å². The number of rotatable bonds is 24. The molecule has 1 aliphatic carbocycles. The Hall–Kier alpha value is 0. The quantitative estimate of drug-likeness (QED) is 0.121. The lowest BCUT2D eigenvalue weighted by molar-refractivity contribution is 0.0582. The van der Waals surface area contributed by atoms with E-state index in [-0.39, 0.29) is 0 Å². The van der Waals surface area contributed by atoms with Crippen LogP contribution in [0, 0.1) is 23.7 Å². The molecule has 0 bridgehead atoms. The molecule has 1 saturated carbocycles. The minimum Gasteiger partial charge on any atom is -0.0654 e. The van der Waals surface area contributed by atoms with Gasteiger partial charge in [-0.25, -0.2) is 0 Å². The van der Waals surface area contributed by atoms with Crippen LogP contribution in [0.4, 0.5) is 0 Å². The lowest BCUT2D eigenvalue weighted by Gasteiger charge is -2.44. The third-order valence-corrected chi connectivity index (χ3v) is 9.31. The molecule has 1 rings (SSSR count). The number of unbranched alkanes of at least 4 members (excludes halogenated alkanes) is 16. The Morgan fingerprint density at radius 3 is 0.971 bits per heavy atom. The van der Waals surface area contributed by atoms with Gasteiger partial charge < -0.3 is 0 Å². The highest BCUT2D eigenvalue weighted by atomic mass is 14.4. The van der Waals surface area contributed by atoms with Crippen LogP contribution in [0.25, 0.3) is 0 Å². The van der Waals surface area contributed by atoms with Gasteiger partial charge in [0.2, 0.25) is 0 Å². The second-order valence-corrected chi connectivity index (χ2v) is 12.2. The Kier molecular flexibility index (Phi) is 22.0. The van der Waals surface area contributed by atoms with Crippen LogP contribution in [-0.2, 0) is 0 Å². The molecule has 34 heavy (non-hydrogen) atoms. The molecule has 0 heterocycles. The zero-order valence-electron chi connectivity index (χ0n) is 24.7. The summed E-state index contributed by atoms with van der Waals surface area (Å²) in [6, 6.07) is 0. The first-order chi connectivity index (χ1) is 16.8. The van der Waals surface area contributed by atoms with Gasteiger partial charge >= 0.3 is 0 Å². The molecule has 0 heteroatoms. The van der Waals surface area contributed by atoms with E-state index in [4.69, 9.17) is 0 Å². The first kappa shape index (κ1) is 32.0. The van der Waals surface area contributed by atoms with Gasteiger partial charge in [0.05, 0.1) is 0 Å². The summed E-state index contributed by atoms with van der Waals surface area (Å²) in [5.41, 5.74) is 0. The van der Waals surface area contributed by atoms with E-state index in [1.807, 2.05) is 0 Å². The average Bonchev–Trinajstić information content (AvgIpc) is 2.85. The van der Waals surface area contributed by atoms with Gasteiger partial charge in [-0.15, -0.1) is 0 Å². The van der Waals surface area contributed by atoms with Crippen molar-refractivity contribution in [1.82, 2.24) is 0 Å². The van der Waals surface area contributed by atoms with Crippen LogP contribution in [0.5, 0.6) is 0 Å². The summed E-state index contributed by atoms with van der Waals surface area (Å²) in [6.45, 7) is 9.42. The topological polar surface area (TPSA) is 0 Å². The Morgan fingerprint density at radius 2 is 0.588 bits per heavy atom. The summed E-state index contributed by atoms with van der Waals surface area (Å²) in [5, 5.41) is 0. The van der Waals surface area contributed by atoms with Crippen LogP contribution in [0.3, 0.4) is 0 Å². The summed E-state index contributed by atoms with van der Waals surface area (Å²) in [7, 11) is 0. The van der Waals surface area contributed by atoms with Crippen LogP contribution >= 0.6 is 0 Å². The van der Waals surface area contributed by atoms with Crippen LogP contribution in [0.1, 0.15) is 195 Å². The van der Waals surface area contributed by atoms with E-state index in [0.717, 1.165) is 23.7 Å². The van der Waals surface area contributed by atoms with E-state index < -0.39 is 0 Å². The highest BCUT2D eigenvalue weighted by Crippen LogP contribution is 2.47. The van der Waals surface area contributed by atoms with E-state index in [1.54, 1.807) is 38.5 Å². The molecular formula is C34H68. The van der Waals surface area contributed by atoms with E-state index >= 15 is 0 Å². The third kappa shape index (κ3) is 15.2. The predicted molar refractivity (Wildman–Crippen MR) is 157 cm³/mol. The Balaban J connectivity index is 2.70. The van der Waals surface area contributed by atoms with Crippen molar-refractivity contribution in [2.45, 2.75) is 195 Å². The van der Waals surface area contributed by atoms with Crippen molar-refractivity contribution in [3.63, 3.8) is 0 Å². The van der Waals surface area contributed by atoms with Gasteiger partial charge in [-0.3, -0.25) is 0 Å². The van der Waals surface area contributed by atoms with Crippen molar-refractivity contribution in [2.24, 2.45) is 23.7 Å². The zero-order valence-corrected chi connectivity index (χ0v) is 24.7. The van der Waals surface area contributed by atoms with Gasteiger partial charge in [0.15, 0.2) is 0 Å². The van der Waals surface area contributed by atoms with Crippen molar-refractivity contribution >= 4 is 0 Å². The van der Waals surface area contributed by atoms with Gasteiger partial charge in [0.25, 0.3) is 0 Å². The first-order valence-corrected chi connectivity index (χ1v) is 16.8. The molecule has 1 fully saturated rings. The van der Waals surface area contributed by atoms with Crippen molar-refractivity contribution in [2.75, 3.05) is 0 Å². The molecule has 1 aliphatic rings. The van der Waals surface area contributed by atoms with Gasteiger partial charge in [0, 0.05) is 0 Å². The van der Waals surface area contributed by atoms with Crippen LogP contribution in [-0.4, -0.2) is 0 Å². The highest BCUT2D eigenvalue weighted by Gasteiger charge is 2.37. The molecule has 0 aromatic rings. The molecular weight excluding hydrogens is 408 g/mol. The second-order valence-electron chi connectivity index (χ2n) is 12.2. The molecule has 204 valence electrons. The second kappa shape index (κ2) is 23.4. The number of hydrogen-bond donors (Lipinski definition) is 0. The lowest BCUT2D eigenvalue weighted by atomic mass is 9.61. The lowest BCUT2D eigenvalue weighted by Crippen LogP contribution is -2.35. The molecule has 0 nitrogen and oxygen atoms in total. The van der Waals surface area contributed by atoms with Gasteiger partial charge in [-0.1, -0.05) is 169 Å². The van der Waals surface area contributed by atoms with Gasteiger partial charge in [-0.2, -0.15) is 0 Å². The van der Waals surface area contributed by atoms with Crippen LogP contribution in [0.15, 0.2) is 0 Å². The first-order valence-electron chi connectivity index (χ1n) is 16.8. The monoisotopic (exact) mass is 477 g/mol. The van der Waals surface area contributed by atoms with Crippen LogP contribution in [0.2, 0.25) is 0 Å². The summed E-state index contributed by atoms with van der Waals surface area (Å²) < 4.78 is 0. The van der Waals surface area contributed by atoms with Crippen molar-refractivity contribution < 1.29 is 0 Å². The minimum atomic E-state index is 1.06. The predicted octanol–water partition coefficient (Wildman–Crippen LogP) is 12.7. The maximum absolute atomic E-state index is 2.38. The minimum absolute atomic E-state index is 1.06. The largest absolute Gasteiger partial charge is 0.0654 e. The molecule has 0 N–H and O–H groups in total. The van der Waals surface area contributed by atoms with Crippen molar-refractivity contribution in [3.8, 4) is 0 Å². The molecule has 0 aliphatic heterocycles. The van der Waals surface area contributed by atoms with Crippen molar-refractivity contribution in [1.29, 1.82) is 0 Å². The van der Waals surface area contributed by atoms with Crippen LogP contribution < -0.4 is 0 Å². The third-order valence-electron chi connectivity index (χ3n) is 9.31. The maximum Gasteiger partial charge on any atom is -0.0355 e. The summed E-state index contributed by atoms with van der Waals surface area (Å²) in [4.78, 5) is 0. The SMILES string of the molecule is CCCCCCCCC1CCC(CCCCC)C(CCCCCCC)C1CCCCCCCC. The van der Waals surface area contributed by atoms with E-state index in [1.165, 1.54) is 128 Å². The average molecular weight is 477 g/mol. The maximum atomic E-state index is 2.38. The fourth-order valence-corrected chi connectivity index (χ4v) is 7.16. The van der Waals surface area contributed by atoms with E-state index in [2.05, 4.69) is 27.7 Å². The van der Waals surface area contributed by atoms with E-state index in [0.29, 0.717) is 0 Å². The Bertz CT molecular complexity index is 397. The molecule has 4 atom stereocenters. The highest BCUT2D eigenvalue weighted by molar-refractivity contribution is 4.88.